The summed E-state index contributed by atoms with van der Waals surface area (Å²) in [5.74, 6) is 0. The van der Waals surface area contributed by atoms with Crippen LogP contribution in [0.4, 0.5) is 0 Å². The highest BCUT2D eigenvalue weighted by atomic mass is 35.5. The fourth-order valence-corrected chi connectivity index (χ4v) is 5.30. The first-order chi connectivity index (χ1) is 14.5. The molecular weight excluding hydrogens is 414 g/mol. The van der Waals surface area contributed by atoms with Gasteiger partial charge in [0.2, 0.25) is 6.41 Å². The Bertz CT molecular complexity index is 787. The lowest BCUT2D eigenvalue weighted by Crippen LogP contribution is -2.35. The van der Waals surface area contributed by atoms with Crippen molar-refractivity contribution < 1.29 is 4.79 Å². The lowest BCUT2D eigenvalue weighted by atomic mass is 10.1. The monoisotopic (exact) mass is 449 g/mol. The number of benzene rings is 1. The molecule has 4 nitrogen and oxygen atoms in total. The van der Waals surface area contributed by atoms with Crippen LogP contribution >= 0.6 is 22.9 Å². The van der Waals surface area contributed by atoms with Gasteiger partial charge in [-0.05, 0) is 51.6 Å². The van der Waals surface area contributed by atoms with Crippen LogP contribution < -0.4 is 5.32 Å². The van der Waals surface area contributed by atoms with Crippen molar-refractivity contribution in [3.8, 4) is 10.6 Å². The number of aryl methyl sites for hydroxylation is 3. The van der Waals surface area contributed by atoms with Gasteiger partial charge in [0, 0.05) is 29.6 Å². The van der Waals surface area contributed by atoms with Crippen molar-refractivity contribution in [2.75, 3.05) is 19.6 Å². The predicted molar refractivity (Wildman–Crippen MR) is 130 cm³/mol. The number of thiazole rings is 1. The molecule has 6 heteroatoms. The highest BCUT2D eigenvalue weighted by molar-refractivity contribution is 7.15. The van der Waals surface area contributed by atoms with E-state index >= 15 is 0 Å². The maximum Gasteiger partial charge on any atom is 0.207 e. The molecule has 2 aromatic rings. The van der Waals surface area contributed by atoms with Crippen LogP contribution in [-0.2, 0) is 11.2 Å². The summed E-state index contributed by atoms with van der Waals surface area (Å²) < 4.78 is 0. The largest absolute Gasteiger partial charge is 0.359 e. The van der Waals surface area contributed by atoms with Crippen LogP contribution in [0, 0.1) is 13.8 Å². The Hall–Kier alpha value is -1.43. The lowest BCUT2D eigenvalue weighted by molar-refractivity contribution is -0.109. The van der Waals surface area contributed by atoms with Gasteiger partial charge in [0.25, 0.3) is 0 Å². The molecule has 1 amide bonds. The number of nitrogens with one attached hydrogen (secondary N) is 1. The third-order valence-electron chi connectivity index (χ3n) is 5.73. The van der Waals surface area contributed by atoms with Crippen LogP contribution in [0.1, 0.15) is 62.1 Å². The fraction of sp³-hybridized carbons (Fsp3) is 0.583. The van der Waals surface area contributed by atoms with Gasteiger partial charge >= 0.3 is 0 Å². The lowest BCUT2D eigenvalue weighted by Gasteiger charge is -2.27. The van der Waals surface area contributed by atoms with Crippen LogP contribution in [0.5, 0.6) is 0 Å². The Kier molecular flexibility index (Phi) is 10.8. The quantitative estimate of drug-likeness (QED) is 0.375. The van der Waals surface area contributed by atoms with E-state index in [2.05, 4.69) is 36.0 Å². The Labute approximate surface area is 191 Å². The highest BCUT2D eigenvalue weighted by Crippen LogP contribution is 2.34. The molecule has 30 heavy (non-hydrogen) atoms. The van der Waals surface area contributed by atoms with Gasteiger partial charge in [-0.15, -0.1) is 11.3 Å². The van der Waals surface area contributed by atoms with Gasteiger partial charge in [0.15, 0.2) is 0 Å². The van der Waals surface area contributed by atoms with Gasteiger partial charge in [-0.25, -0.2) is 4.98 Å². The zero-order valence-corrected chi connectivity index (χ0v) is 20.4. The summed E-state index contributed by atoms with van der Waals surface area (Å²) in [4.78, 5) is 18.5. The Balaban J connectivity index is 0.000000216. The molecule has 3 rings (SSSR count). The molecule has 0 bridgehead atoms. The summed E-state index contributed by atoms with van der Waals surface area (Å²) in [5, 5.41) is 4.56. The Morgan fingerprint density at radius 3 is 2.60 bits per heavy atom. The fourth-order valence-electron chi connectivity index (χ4n) is 4.00. The number of halogens is 1. The SMILES string of the molecule is CCN(CCCNC=O)C1CCCC1.CCc1sc(-c2cccc(C)c2Cl)nc1C. The molecule has 1 saturated carbocycles. The van der Waals surface area contributed by atoms with Crippen LogP contribution in [-0.4, -0.2) is 42.0 Å². The predicted octanol–water partition coefficient (Wildman–Crippen LogP) is 6.03. The third kappa shape index (κ3) is 7.07. The molecule has 0 atom stereocenters. The number of amides is 1. The van der Waals surface area contributed by atoms with Crippen LogP contribution in [0.3, 0.4) is 0 Å². The molecule has 1 fully saturated rings. The molecule has 1 heterocycles. The summed E-state index contributed by atoms with van der Waals surface area (Å²) in [7, 11) is 0. The maximum atomic E-state index is 10.1. The van der Waals surface area contributed by atoms with E-state index in [1.165, 1.54) is 30.6 Å². The summed E-state index contributed by atoms with van der Waals surface area (Å²) in [6.45, 7) is 11.5. The second-order valence-corrected chi connectivity index (χ2v) is 9.27. The number of hydrogen-bond donors (Lipinski definition) is 1. The van der Waals surface area contributed by atoms with Crippen molar-refractivity contribution in [1.29, 1.82) is 0 Å². The number of aromatic nitrogens is 1. The molecule has 1 N–H and O–H groups in total. The highest BCUT2D eigenvalue weighted by Gasteiger charge is 2.20. The van der Waals surface area contributed by atoms with Gasteiger partial charge in [0.05, 0.1) is 10.7 Å². The number of hydrogen-bond acceptors (Lipinski definition) is 4. The van der Waals surface area contributed by atoms with Crippen molar-refractivity contribution >= 4 is 29.3 Å². The Morgan fingerprint density at radius 1 is 1.27 bits per heavy atom. The third-order valence-corrected chi connectivity index (χ3v) is 7.57. The summed E-state index contributed by atoms with van der Waals surface area (Å²) in [6.07, 6.45) is 8.42. The first-order valence-electron chi connectivity index (χ1n) is 11.1. The van der Waals surface area contributed by atoms with Crippen molar-refractivity contribution in [3.63, 3.8) is 0 Å². The first-order valence-corrected chi connectivity index (χ1v) is 12.3. The van der Waals surface area contributed by atoms with E-state index in [1.54, 1.807) is 11.3 Å². The second kappa shape index (κ2) is 13.1. The van der Waals surface area contributed by atoms with Gasteiger partial charge in [-0.3, -0.25) is 4.79 Å². The summed E-state index contributed by atoms with van der Waals surface area (Å²) in [5.41, 5.74) is 3.28. The molecule has 0 spiro atoms. The first kappa shape index (κ1) is 24.8. The van der Waals surface area contributed by atoms with Gasteiger partial charge < -0.3 is 10.2 Å². The van der Waals surface area contributed by atoms with E-state index in [0.29, 0.717) is 0 Å². The number of rotatable bonds is 9. The smallest absolute Gasteiger partial charge is 0.207 e. The number of carbonyl (C=O) groups excluding carboxylic acids is 1. The van der Waals surface area contributed by atoms with Crippen molar-refractivity contribution in [2.24, 2.45) is 0 Å². The van der Waals surface area contributed by atoms with Crippen LogP contribution in [0.15, 0.2) is 18.2 Å². The van der Waals surface area contributed by atoms with Crippen molar-refractivity contribution in [3.05, 3.63) is 39.4 Å². The molecule has 0 unspecified atom stereocenters. The minimum absolute atomic E-state index is 0.784. The van der Waals surface area contributed by atoms with Gasteiger partial charge in [-0.1, -0.05) is 56.5 Å². The average Bonchev–Trinajstić information content (AvgIpc) is 3.40. The average molecular weight is 450 g/mol. The minimum atomic E-state index is 0.784. The molecule has 1 aliphatic rings. The Morgan fingerprint density at radius 2 is 2.00 bits per heavy atom. The molecule has 166 valence electrons. The van der Waals surface area contributed by atoms with E-state index in [0.717, 1.165) is 71.8 Å². The maximum absolute atomic E-state index is 10.1. The summed E-state index contributed by atoms with van der Waals surface area (Å²) in [6, 6.07) is 6.90. The van der Waals surface area contributed by atoms with Gasteiger partial charge in [-0.2, -0.15) is 0 Å². The normalized spacial score (nSPS) is 13.9. The molecule has 1 aliphatic carbocycles. The topological polar surface area (TPSA) is 45.2 Å². The van der Waals surface area contributed by atoms with Crippen LogP contribution in [0.2, 0.25) is 5.02 Å². The van der Waals surface area contributed by atoms with E-state index in [1.807, 2.05) is 25.1 Å². The molecule has 1 aromatic heterocycles. The molecule has 1 aromatic carbocycles. The molecule has 0 radical (unpaired) electrons. The van der Waals surface area contributed by atoms with E-state index in [9.17, 15) is 4.79 Å². The molecule has 0 aliphatic heterocycles. The zero-order chi connectivity index (χ0) is 21.9. The van der Waals surface area contributed by atoms with E-state index in [-0.39, 0.29) is 0 Å². The molecular formula is C24H36ClN3OS. The second-order valence-electron chi connectivity index (χ2n) is 7.81. The number of carbonyl (C=O) groups is 1. The van der Waals surface area contributed by atoms with Crippen LogP contribution in [0.25, 0.3) is 10.6 Å². The van der Waals surface area contributed by atoms with Gasteiger partial charge in [0.1, 0.15) is 5.01 Å². The standard InChI is InChI=1S/C13H14ClNS.C11H22N2O/c1-4-11-9(3)15-13(16-11)10-7-5-6-8(2)12(10)14;1-2-13(9-5-8-12-10-14)11-6-3-4-7-11/h5-7H,4H2,1-3H3;10-11H,2-9H2,1H3,(H,12,14). The zero-order valence-electron chi connectivity index (χ0n) is 18.8. The molecule has 0 saturated heterocycles. The van der Waals surface area contributed by atoms with E-state index < -0.39 is 0 Å². The van der Waals surface area contributed by atoms with Crippen molar-refractivity contribution in [1.82, 2.24) is 15.2 Å². The number of nitrogens with zero attached hydrogens (tertiary/aromatic N) is 2. The summed E-state index contributed by atoms with van der Waals surface area (Å²) >= 11 is 8.04. The van der Waals surface area contributed by atoms with Crippen molar-refractivity contribution in [2.45, 2.75) is 72.3 Å². The minimum Gasteiger partial charge on any atom is -0.359 e. The van der Waals surface area contributed by atoms with E-state index in [4.69, 9.17) is 11.6 Å².